The second kappa shape index (κ2) is 5.72. The van der Waals surface area contributed by atoms with Crippen LogP contribution in [0.15, 0.2) is 6.20 Å². The van der Waals surface area contributed by atoms with Crippen LogP contribution in [0.5, 0.6) is 0 Å². The van der Waals surface area contributed by atoms with Crippen LogP contribution in [0.2, 0.25) is 0 Å². The molecular weight excluding hydrogens is 178 g/mol. The van der Waals surface area contributed by atoms with Crippen molar-refractivity contribution in [3.63, 3.8) is 0 Å². The molecule has 5 heteroatoms. The number of nitrogens with two attached hydrogens (primary N) is 1. The molecule has 14 heavy (non-hydrogen) atoms. The van der Waals surface area contributed by atoms with E-state index in [1.807, 2.05) is 4.68 Å². The minimum absolute atomic E-state index is 0.168. The van der Waals surface area contributed by atoms with Gasteiger partial charge in [0.2, 0.25) is 0 Å². The lowest BCUT2D eigenvalue weighted by Crippen LogP contribution is -2.29. The third kappa shape index (κ3) is 2.52. The molecule has 0 saturated carbocycles. The lowest BCUT2D eigenvalue weighted by molar-refractivity contribution is 0.451. The van der Waals surface area contributed by atoms with E-state index in [9.17, 15) is 0 Å². The zero-order valence-electron chi connectivity index (χ0n) is 8.90. The molecule has 1 rings (SSSR count). The van der Waals surface area contributed by atoms with Crippen LogP contribution < -0.4 is 11.3 Å². The molecule has 1 aromatic rings. The highest BCUT2D eigenvalue weighted by Gasteiger charge is 2.13. The summed E-state index contributed by atoms with van der Waals surface area (Å²) >= 11 is 0. The van der Waals surface area contributed by atoms with Crippen molar-refractivity contribution < 1.29 is 0 Å². The first kappa shape index (κ1) is 11.1. The van der Waals surface area contributed by atoms with Gasteiger partial charge in [-0.1, -0.05) is 25.5 Å². The Kier molecular flexibility index (Phi) is 4.55. The Morgan fingerprint density at radius 2 is 2.29 bits per heavy atom. The van der Waals surface area contributed by atoms with E-state index in [1.165, 1.54) is 0 Å². The standard InChI is InChI=1S/C9H19N5/c1-3-5-8(12-10)9-7-11-13-14(9)6-4-2/h7-8,12H,3-6,10H2,1-2H3. The van der Waals surface area contributed by atoms with Gasteiger partial charge in [-0.05, 0) is 12.8 Å². The SMILES string of the molecule is CCCC(NN)c1cnnn1CCC. The van der Waals surface area contributed by atoms with Gasteiger partial charge >= 0.3 is 0 Å². The summed E-state index contributed by atoms with van der Waals surface area (Å²) in [7, 11) is 0. The second-order valence-electron chi connectivity index (χ2n) is 3.39. The fraction of sp³-hybridized carbons (Fsp3) is 0.778. The highest BCUT2D eigenvalue weighted by atomic mass is 15.4. The van der Waals surface area contributed by atoms with E-state index in [0.717, 1.165) is 31.5 Å². The fourth-order valence-electron chi connectivity index (χ4n) is 1.53. The molecule has 0 aliphatic heterocycles. The van der Waals surface area contributed by atoms with Gasteiger partial charge in [-0.2, -0.15) is 0 Å². The van der Waals surface area contributed by atoms with Gasteiger partial charge in [0.15, 0.2) is 0 Å². The van der Waals surface area contributed by atoms with Crippen LogP contribution in [0.25, 0.3) is 0 Å². The zero-order chi connectivity index (χ0) is 10.4. The number of hydrogen-bond acceptors (Lipinski definition) is 4. The van der Waals surface area contributed by atoms with Crippen molar-refractivity contribution >= 4 is 0 Å². The Hall–Kier alpha value is -0.940. The number of aromatic nitrogens is 3. The average molecular weight is 197 g/mol. The molecule has 1 atom stereocenters. The van der Waals surface area contributed by atoms with Gasteiger partial charge in [-0.25, -0.2) is 4.68 Å². The van der Waals surface area contributed by atoms with E-state index in [1.54, 1.807) is 6.20 Å². The van der Waals surface area contributed by atoms with Gasteiger partial charge in [0.05, 0.1) is 17.9 Å². The molecule has 0 saturated heterocycles. The molecule has 0 spiro atoms. The van der Waals surface area contributed by atoms with E-state index in [4.69, 9.17) is 5.84 Å². The van der Waals surface area contributed by atoms with Crippen LogP contribution in [-0.2, 0) is 6.54 Å². The molecule has 0 aliphatic carbocycles. The van der Waals surface area contributed by atoms with Gasteiger partial charge in [0.1, 0.15) is 0 Å². The number of aryl methyl sites for hydroxylation is 1. The summed E-state index contributed by atoms with van der Waals surface area (Å²) in [4.78, 5) is 0. The highest BCUT2D eigenvalue weighted by Crippen LogP contribution is 2.16. The lowest BCUT2D eigenvalue weighted by atomic mass is 10.1. The Balaban J connectivity index is 2.74. The molecule has 1 unspecified atom stereocenters. The van der Waals surface area contributed by atoms with E-state index in [-0.39, 0.29) is 6.04 Å². The van der Waals surface area contributed by atoms with Gasteiger partial charge in [-0.15, -0.1) is 5.10 Å². The molecular formula is C9H19N5. The maximum atomic E-state index is 5.50. The Bertz CT molecular complexity index is 257. The average Bonchev–Trinajstić information content (AvgIpc) is 2.63. The smallest absolute Gasteiger partial charge is 0.0770 e. The number of rotatable bonds is 6. The summed E-state index contributed by atoms with van der Waals surface area (Å²) in [5.74, 6) is 5.50. The molecule has 1 heterocycles. The van der Waals surface area contributed by atoms with E-state index >= 15 is 0 Å². The molecule has 3 N–H and O–H groups in total. The predicted molar refractivity (Wildman–Crippen MR) is 55.3 cm³/mol. The number of nitrogens with zero attached hydrogens (tertiary/aromatic N) is 3. The molecule has 5 nitrogen and oxygen atoms in total. The van der Waals surface area contributed by atoms with Gasteiger partial charge in [0, 0.05) is 6.54 Å². The molecule has 0 amide bonds. The minimum Gasteiger partial charge on any atom is -0.271 e. The molecule has 0 bridgehead atoms. The van der Waals surface area contributed by atoms with Gasteiger partial charge in [0.25, 0.3) is 0 Å². The van der Waals surface area contributed by atoms with Crippen molar-refractivity contribution in [2.45, 2.75) is 45.7 Å². The van der Waals surface area contributed by atoms with Gasteiger partial charge < -0.3 is 0 Å². The monoisotopic (exact) mass is 197 g/mol. The van der Waals surface area contributed by atoms with E-state index in [2.05, 4.69) is 29.6 Å². The number of hydrazine groups is 1. The molecule has 0 aromatic carbocycles. The summed E-state index contributed by atoms with van der Waals surface area (Å²) in [6.07, 6.45) is 4.94. The maximum absolute atomic E-state index is 5.50. The predicted octanol–water partition coefficient (Wildman–Crippen LogP) is 0.993. The molecule has 0 fully saturated rings. The van der Waals surface area contributed by atoms with Crippen LogP contribution in [0.3, 0.4) is 0 Å². The van der Waals surface area contributed by atoms with Crippen LogP contribution >= 0.6 is 0 Å². The second-order valence-corrected chi connectivity index (χ2v) is 3.39. The maximum Gasteiger partial charge on any atom is 0.0770 e. The van der Waals surface area contributed by atoms with Crippen molar-refractivity contribution in [1.82, 2.24) is 20.4 Å². The third-order valence-corrected chi connectivity index (χ3v) is 2.22. The molecule has 0 radical (unpaired) electrons. The molecule has 1 aromatic heterocycles. The summed E-state index contributed by atoms with van der Waals surface area (Å²) < 4.78 is 1.92. The summed E-state index contributed by atoms with van der Waals surface area (Å²) in [6, 6.07) is 0.168. The first-order valence-corrected chi connectivity index (χ1v) is 5.18. The van der Waals surface area contributed by atoms with Crippen LogP contribution in [-0.4, -0.2) is 15.0 Å². The quantitative estimate of drug-likeness (QED) is 0.527. The summed E-state index contributed by atoms with van der Waals surface area (Å²) in [6.45, 7) is 5.16. The topological polar surface area (TPSA) is 68.8 Å². The first-order valence-electron chi connectivity index (χ1n) is 5.18. The van der Waals surface area contributed by atoms with Crippen molar-refractivity contribution in [1.29, 1.82) is 0 Å². The van der Waals surface area contributed by atoms with Crippen LogP contribution in [0.1, 0.15) is 44.8 Å². The van der Waals surface area contributed by atoms with Crippen molar-refractivity contribution in [3.05, 3.63) is 11.9 Å². The highest BCUT2D eigenvalue weighted by molar-refractivity contribution is 5.01. The molecule has 0 aliphatic rings. The molecule has 80 valence electrons. The third-order valence-electron chi connectivity index (χ3n) is 2.22. The van der Waals surface area contributed by atoms with Crippen LogP contribution in [0, 0.1) is 0 Å². The van der Waals surface area contributed by atoms with E-state index < -0.39 is 0 Å². The first-order chi connectivity index (χ1) is 6.83. The Morgan fingerprint density at radius 1 is 1.50 bits per heavy atom. The zero-order valence-corrected chi connectivity index (χ0v) is 8.90. The largest absolute Gasteiger partial charge is 0.271 e. The van der Waals surface area contributed by atoms with Crippen molar-refractivity contribution in [3.8, 4) is 0 Å². The Labute approximate surface area is 84.6 Å². The minimum atomic E-state index is 0.168. The number of hydrogen-bond donors (Lipinski definition) is 2. The lowest BCUT2D eigenvalue weighted by Gasteiger charge is -2.15. The van der Waals surface area contributed by atoms with Gasteiger partial charge in [-0.3, -0.25) is 11.3 Å². The Morgan fingerprint density at radius 3 is 2.86 bits per heavy atom. The normalized spacial score (nSPS) is 13.1. The van der Waals surface area contributed by atoms with E-state index in [0.29, 0.717) is 0 Å². The fourth-order valence-corrected chi connectivity index (χ4v) is 1.53. The summed E-state index contributed by atoms with van der Waals surface area (Å²) in [5, 5.41) is 7.94. The van der Waals surface area contributed by atoms with Crippen molar-refractivity contribution in [2.75, 3.05) is 0 Å². The van der Waals surface area contributed by atoms with Crippen LogP contribution in [0.4, 0.5) is 0 Å². The van der Waals surface area contributed by atoms with Crippen molar-refractivity contribution in [2.24, 2.45) is 5.84 Å². The summed E-state index contributed by atoms with van der Waals surface area (Å²) in [5.41, 5.74) is 3.88. The number of nitrogens with one attached hydrogen (secondary N) is 1.